The molecule has 0 aromatic carbocycles. The molecule has 1 rings (SSSR count). The average molecular weight is 305 g/mol. The van der Waals surface area contributed by atoms with E-state index in [9.17, 15) is 0 Å². The van der Waals surface area contributed by atoms with E-state index < -0.39 is 8.07 Å². The van der Waals surface area contributed by atoms with Gasteiger partial charge in [-0.25, -0.2) is 0 Å². The predicted molar refractivity (Wildman–Crippen MR) is 88.9 cm³/mol. The van der Waals surface area contributed by atoms with Crippen LogP contribution in [0.2, 0.25) is 19.6 Å². The number of rotatable bonds is 11. The third kappa shape index (κ3) is 5.06. The Hall–Kier alpha value is 0.467. The molecule has 1 aliphatic heterocycles. The molecule has 114 valence electrons. The van der Waals surface area contributed by atoms with Crippen LogP contribution < -0.4 is 0 Å². The van der Waals surface area contributed by atoms with E-state index in [1.54, 1.807) is 0 Å². The summed E-state index contributed by atoms with van der Waals surface area (Å²) in [7, 11) is -1.28. The minimum atomic E-state index is -1.28. The first-order valence-electron chi connectivity index (χ1n) is 8.21. The Morgan fingerprint density at radius 3 is 1.89 bits per heavy atom. The van der Waals surface area contributed by atoms with Gasteiger partial charge >= 0.3 is 0 Å². The van der Waals surface area contributed by atoms with Gasteiger partial charge in [0.2, 0.25) is 0 Å². The maximum Gasteiger partial charge on any atom is 0.0971 e. The normalized spacial score (nSPS) is 26.7. The third-order valence-corrected chi connectivity index (χ3v) is 8.38. The van der Waals surface area contributed by atoms with Gasteiger partial charge in [0.1, 0.15) is 0 Å². The number of hydrogen-bond donors (Lipinski definition) is 0. The van der Waals surface area contributed by atoms with E-state index >= 15 is 0 Å². The highest BCUT2D eigenvalue weighted by Crippen LogP contribution is 2.47. The first-order chi connectivity index (χ1) is 8.98. The molecule has 0 amide bonds. The van der Waals surface area contributed by atoms with Crippen molar-refractivity contribution in [2.45, 2.75) is 95.7 Å². The molecular formula is C16H33ClOSi. The summed E-state index contributed by atoms with van der Waals surface area (Å²) in [6.07, 6.45) is 12.8. The highest BCUT2D eigenvalue weighted by Gasteiger charge is 2.62. The van der Waals surface area contributed by atoms with Gasteiger partial charge in [0.25, 0.3) is 0 Å². The number of alkyl halides is 1. The van der Waals surface area contributed by atoms with E-state index in [4.69, 9.17) is 16.3 Å². The Kier molecular flexibility index (Phi) is 7.42. The van der Waals surface area contributed by atoms with Gasteiger partial charge < -0.3 is 4.74 Å². The molecule has 0 aliphatic carbocycles. The van der Waals surface area contributed by atoms with E-state index in [0.29, 0.717) is 12.0 Å². The fourth-order valence-electron chi connectivity index (χ4n) is 2.95. The quantitative estimate of drug-likeness (QED) is 0.204. The van der Waals surface area contributed by atoms with Gasteiger partial charge in [-0.2, -0.15) is 0 Å². The summed E-state index contributed by atoms with van der Waals surface area (Å²) < 4.78 is 6.01. The van der Waals surface area contributed by atoms with E-state index in [1.807, 2.05) is 0 Å². The fraction of sp³-hybridized carbons (Fsp3) is 1.00. The van der Waals surface area contributed by atoms with Crippen molar-refractivity contribution in [2.75, 3.05) is 5.88 Å². The van der Waals surface area contributed by atoms with Crippen LogP contribution in [0.1, 0.15) is 64.7 Å². The van der Waals surface area contributed by atoms with Gasteiger partial charge in [0, 0.05) is 0 Å². The van der Waals surface area contributed by atoms with Gasteiger partial charge in [0.15, 0.2) is 0 Å². The lowest BCUT2D eigenvalue weighted by atomic mass is 10.1. The molecule has 0 aromatic heterocycles. The number of hydrogen-bond acceptors (Lipinski definition) is 1. The fourth-order valence-corrected chi connectivity index (χ4v) is 6.40. The monoisotopic (exact) mass is 304 g/mol. The van der Waals surface area contributed by atoms with Crippen LogP contribution >= 0.6 is 11.6 Å². The second-order valence-corrected chi connectivity index (χ2v) is 12.8. The zero-order valence-corrected chi connectivity index (χ0v) is 15.2. The van der Waals surface area contributed by atoms with E-state index in [2.05, 4.69) is 26.6 Å². The zero-order chi connectivity index (χ0) is 14.4. The molecule has 0 unspecified atom stereocenters. The molecule has 0 saturated carbocycles. The van der Waals surface area contributed by atoms with Crippen molar-refractivity contribution < 1.29 is 4.74 Å². The Balaban J connectivity index is 2.03. The van der Waals surface area contributed by atoms with E-state index in [-0.39, 0.29) is 5.22 Å². The molecule has 0 spiro atoms. The van der Waals surface area contributed by atoms with Crippen molar-refractivity contribution in [1.29, 1.82) is 0 Å². The molecule has 1 aliphatic rings. The second kappa shape index (κ2) is 8.04. The molecule has 3 heteroatoms. The highest BCUT2D eigenvalue weighted by molar-refractivity contribution is 6.80. The Labute approximate surface area is 126 Å². The number of unbranched alkanes of at least 4 members (excludes halogenated alkanes) is 7. The first-order valence-corrected chi connectivity index (χ1v) is 12.2. The summed E-state index contributed by atoms with van der Waals surface area (Å²) in [5.74, 6) is 0.699. The van der Waals surface area contributed by atoms with E-state index in [0.717, 1.165) is 0 Å². The van der Waals surface area contributed by atoms with Gasteiger partial charge in [-0.3, -0.25) is 0 Å². The van der Waals surface area contributed by atoms with Crippen LogP contribution in [0.25, 0.3) is 0 Å². The van der Waals surface area contributed by atoms with Crippen LogP contribution in [0.3, 0.4) is 0 Å². The van der Waals surface area contributed by atoms with E-state index in [1.165, 1.54) is 57.8 Å². The second-order valence-electron chi connectivity index (χ2n) is 7.14. The summed E-state index contributed by atoms with van der Waals surface area (Å²) in [4.78, 5) is 0. The van der Waals surface area contributed by atoms with Gasteiger partial charge in [-0.15, -0.1) is 11.6 Å². The summed E-state index contributed by atoms with van der Waals surface area (Å²) >= 11 is 6.16. The van der Waals surface area contributed by atoms with Gasteiger partial charge in [0.05, 0.1) is 25.3 Å². The molecule has 0 N–H and O–H groups in total. The minimum absolute atomic E-state index is 0.0929. The topological polar surface area (TPSA) is 12.5 Å². The summed E-state index contributed by atoms with van der Waals surface area (Å²) in [5, 5.41) is 0.0929. The summed E-state index contributed by atoms with van der Waals surface area (Å²) in [5.41, 5.74) is 0. The van der Waals surface area contributed by atoms with Crippen LogP contribution in [0.15, 0.2) is 0 Å². The van der Waals surface area contributed by atoms with Crippen LogP contribution in [-0.2, 0) is 4.74 Å². The standard InChI is InChI=1S/C16H33ClOSi/c1-5-6-7-8-9-10-11-12-13-15-16(14-17,18-15)19(2,3)4/h15H,5-14H2,1-4H3/t15-,16+/m1/s1. The van der Waals surface area contributed by atoms with Crippen LogP contribution in [0.4, 0.5) is 0 Å². The van der Waals surface area contributed by atoms with Crippen molar-refractivity contribution in [3.8, 4) is 0 Å². The molecule has 0 aromatic rings. The lowest BCUT2D eigenvalue weighted by molar-refractivity contribution is 0.346. The molecular weight excluding hydrogens is 272 g/mol. The SMILES string of the molecule is CCCCCCCCCC[C@H]1O[C@@]1(CCl)[Si](C)(C)C. The molecule has 19 heavy (non-hydrogen) atoms. The maximum atomic E-state index is 6.16. The smallest absolute Gasteiger partial charge is 0.0971 e. The average Bonchev–Trinajstić information content (AvgIpc) is 3.07. The lowest BCUT2D eigenvalue weighted by Crippen LogP contribution is -2.45. The zero-order valence-electron chi connectivity index (χ0n) is 13.4. The lowest BCUT2D eigenvalue weighted by Gasteiger charge is -2.24. The van der Waals surface area contributed by atoms with Crippen molar-refractivity contribution in [3.05, 3.63) is 0 Å². The number of ether oxygens (including phenoxy) is 1. The Bertz CT molecular complexity index is 252. The molecule has 2 atom stereocenters. The maximum absolute atomic E-state index is 6.16. The van der Waals surface area contributed by atoms with Gasteiger partial charge in [-0.1, -0.05) is 77.9 Å². The summed E-state index contributed by atoms with van der Waals surface area (Å²) in [6.45, 7) is 9.41. The van der Waals surface area contributed by atoms with Gasteiger partial charge in [-0.05, 0) is 6.42 Å². The van der Waals surface area contributed by atoms with Crippen LogP contribution in [0, 0.1) is 0 Å². The number of epoxide rings is 1. The largest absolute Gasteiger partial charge is 0.369 e. The highest BCUT2D eigenvalue weighted by atomic mass is 35.5. The van der Waals surface area contributed by atoms with Crippen molar-refractivity contribution >= 4 is 19.7 Å². The molecule has 1 saturated heterocycles. The first kappa shape index (κ1) is 17.5. The van der Waals surface area contributed by atoms with Crippen molar-refractivity contribution in [1.82, 2.24) is 0 Å². The Morgan fingerprint density at radius 1 is 0.947 bits per heavy atom. The molecule has 1 fully saturated rings. The molecule has 0 bridgehead atoms. The minimum Gasteiger partial charge on any atom is -0.369 e. The predicted octanol–water partition coefficient (Wildman–Crippen LogP) is 5.77. The number of halogens is 1. The molecule has 0 radical (unpaired) electrons. The Morgan fingerprint density at radius 2 is 1.47 bits per heavy atom. The molecule has 1 heterocycles. The molecule has 1 nitrogen and oxygen atoms in total. The van der Waals surface area contributed by atoms with Crippen molar-refractivity contribution in [2.24, 2.45) is 0 Å². The van der Waals surface area contributed by atoms with Crippen molar-refractivity contribution in [3.63, 3.8) is 0 Å². The van der Waals surface area contributed by atoms with Crippen LogP contribution in [-0.4, -0.2) is 25.3 Å². The summed E-state index contributed by atoms with van der Waals surface area (Å²) in [6, 6.07) is 0. The van der Waals surface area contributed by atoms with Crippen LogP contribution in [0.5, 0.6) is 0 Å². The third-order valence-electron chi connectivity index (χ3n) is 4.60.